The number of amides is 1. The second-order valence-corrected chi connectivity index (χ2v) is 4.29. The number of rotatable bonds is 7. The van der Waals surface area contributed by atoms with Crippen molar-refractivity contribution in [3.8, 4) is 0 Å². The van der Waals surface area contributed by atoms with E-state index in [-0.39, 0.29) is 12.0 Å². The summed E-state index contributed by atoms with van der Waals surface area (Å²) in [6.07, 6.45) is 2.71. The topological polar surface area (TPSA) is 64.3 Å². The van der Waals surface area contributed by atoms with Gasteiger partial charge in [-0.3, -0.25) is 9.63 Å². The molecule has 1 atom stereocenters. The van der Waals surface area contributed by atoms with Crippen LogP contribution in [-0.2, 0) is 4.84 Å². The monoisotopic (exact) mass is 250 g/mol. The van der Waals surface area contributed by atoms with Crippen molar-refractivity contribution in [3.63, 3.8) is 0 Å². The molecule has 3 N–H and O–H groups in total. The van der Waals surface area contributed by atoms with Gasteiger partial charge in [0.25, 0.3) is 5.91 Å². The molecule has 0 radical (unpaired) electrons. The van der Waals surface area contributed by atoms with Crippen LogP contribution in [0.15, 0.2) is 24.3 Å². The maximum absolute atomic E-state index is 11.7. The lowest BCUT2D eigenvalue weighted by Crippen LogP contribution is -2.23. The molecule has 18 heavy (non-hydrogen) atoms. The van der Waals surface area contributed by atoms with E-state index >= 15 is 0 Å². The fraction of sp³-hybridized carbons (Fsp3) is 0.500. The molecule has 0 aromatic heterocycles. The first-order valence-electron chi connectivity index (χ1n) is 6.46. The predicted molar refractivity (Wildman–Crippen MR) is 72.0 cm³/mol. The number of hydrogen-bond donors (Lipinski definition) is 2. The quantitative estimate of drug-likeness (QED) is 0.731. The summed E-state index contributed by atoms with van der Waals surface area (Å²) in [5, 5.41) is 2.84. The van der Waals surface area contributed by atoms with Crippen LogP contribution in [0.2, 0.25) is 0 Å². The molecule has 4 nitrogen and oxygen atoms in total. The second kappa shape index (κ2) is 7.84. The molecule has 0 heterocycles. The van der Waals surface area contributed by atoms with Crippen molar-refractivity contribution in [1.82, 2.24) is 5.32 Å². The highest BCUT2D eigenvalue weighted by atomic mass is 16.6. The Morgan fingerprint density at radius 1 is 1.28 bits per heavy atom. The zero-order valence-electron chi connectivity index (χ0n) is 11.1. The molecular formula is C14H22N2O2. The molecule has 0 bridgehead atoms. The van der Waals surface area contributed by atoms with Gasteiger partial charge in [-0.25, -0.2) is 5.90 Å². The van der Waals surface area contributed by atoms with Gasteiger partial charge in [-0.05, 0) is 30.5 Å². The highest BCUT2D eigenvalue weighted by molar-refractivity contribution is 5.94. The van der Waals surface area contributed by atoms with E-state index in [4.69, 9.17) is 10.7 Å². The van der Waals surface area contributed by atoms with Gasteiger partial charge >= 0.3 is 0 Å². The first kappa shape index (κ1) is 14.7. The van der Waals surface area contributed by atoms with Crippen molar-refractivity contribution in [3.05, 3.63) is 35.4 Å². The molecule has 0 spiro atoms. The Morgan fingerprint density at radius 2 is 1.94 bits per heavy atom. The Labute approximate surface area is 108 Å². The van der Waals surface area contributed by atoms with Crippen LogP contribution in [0.5, 0.6) is 0 Å². The van der Waals surface area contributed by atoms with E-state index in [1.807, 2.05) is 31.2 Å². The summed E-state index contributed by atoms with van der Waals surface area (Å²) >= 11 is 0. The first-order valence-corrected chi connectivity index (χ1v) is 6.46. The van der Waals surface area contributed by atoms with Gasteiger partial charge in [0.2, 0.25) is 0 Å². The summed E-state index contributed by atoms with van der Waals surface area (Å²) in [7, 11) is 0. The lowest BCUT2D eigenvalue weighted by atomic mass is 10.0. The average molecular weight is 250 g/mol. The molecule has 1 amide bonds. The van der Waals surface area contributed by atoms with E-state index in [1.54, 1.807) is 0 Å². The Morgan fingerprint density at radius 3 is 2.44 bits per heavy atom. The fourth-order valence-electron chi connectivity index (χ4n) is 1.77. The molecule has 0 saturated carbocycles. The highest BCUT2D eigenvalue weighted by Gasteiger charge is 2.11. The van der Waals surface area contributed by atoms with E-state index in [9.17, 15) is 4.79 Å². The van der Waals surface area contributed by atoms with Crippen LogP contribution in [-0.4, -0.2) is 12.5 Å². The van der Waals surface area contributed by atoms with Gasteiger partial charge in [0.15, 0.2) is 0 Å². The zero-order valence-corrected chi connectivity index (χ0v) is 11.1. The predicted octanol–water partition coefficient (Wildman–Crippen LogP) is 2.56. The Bertz CT molecular complexity index is 363. The highest BCUT2D eigenvalue weighted by Crippen LogP contribution is 2.21. The molecule has 100 valence electrons. The van der Waals surface area contributed by atoms with Crippen LogP contribution in [0.4, 0.5) is 0 Å². The normalized spacial score (nSPS) is 12.2. The average Bonchev–Trinajstić information content (AvgIpc) is 2.42. The van der Waals surface area contributed by atoms with E-state index in [0.29, 0.717) is 12.1 Å². The molecular weight excluding hydrogens is 228 g/mol. The van der Waals surface area contributed by atoms with Gasteiger partial charge < -0.3 is 5.32 Å². The number of carbonyl (C=O) groups is 1. The van der Waals surface area contributed by atoms with Crippen LogP contribution >= 0.6 is 0 Å². The molecule has 0 aliphatic heterocycles. The van der Waals surface area contributed by atoms with Crippen molar-refractivity contribution in [1.29, 1.82) is 0 Å². The molecule has 4 heteroatoms. The van der Waals surface area contributed by atoms with Gasteiger partial charge in [0, 0.05) is 12.1 Å². The Kier molecular flexibility index (Phi) is 6.39. The van der Waals surface area contributed by atoms with Crippen LogP contribution in [0, 0.1) is 0 Å². The van der Waals surface area contributed by atoms with E-state index < -0.39 is 0 Å². The minimum atomic E-state index is -0.0947. The van der Waals surface area contributed by atoms with Crippen LogP contribution in [0.1, 0.15) is 55.1 Å². The number of carbonyl (C=O) groups excluding carboxylic acids is 1. The van der Waals surface area contributed by atoms with Gasteiger partial charge in [-0.2, -0.15) is 0 Å². The SMILES string of the molecule is CCCNC(=O)c1ccc(C(CCC)ON)cc1. The van der Waals surface area contributed by atoms with E-state index in [2.05, 4.69) is 12.2 Å². The molecule has 0 saturated heterocycles. The van der Waals surface area contributed by atoms with Crippen LogP contribution < -0.4 is 11.2 Å². The number of nitrogens with two attached hydrogens (primary N) is 1. The first-order chi connectivity index (χ1) is 8.72. The lowest BCUT2D eigenvalue weighted by Gasteiger charge is -2.14. The standard InChI is InChI=1S/C14H22N2O2/c1-3-5-13(18-15)11-6-8-12(9-7-11)14(17)16-10-4-2/h6-9,13H,3-5,10,15H2,1-2H3,(H,16,17). The van der Waals surface area contributed by atoms with Gasteiger partial charge in [0.1, 0.15) is 6.10 Å². The van der Waals surface area contributed by atoms with Crippen molar-refractivity contribution < 1.29 is 9.63 Å². The number of hydrogen-bond acceptors (Lipinski definition) is 3. The third-order valence-electron chi connectivity index (χ3n) is 2.80. The Balaban J connectivity index is 2.69. The van der Waals surface area contributed by atoms with Crippen molar-refractivity contribution in [2.75, 3.05) is 6.54 Å². The van der Waals surface area contributed by atoms with E-state index in [0.717, 1.165) is 24.8 Å². The van der Waals surface area contributed by atoms with Gasteiger partial charge in [-0.1, -0.05) is 32.4 Å². The molecule has 0 aliphatic carbocycles. The maximum atomic E-state index is 11.7. The van der Waals surface area contributed by atoms with Crippen molar-refractivity contribution >= 4 is 5.91 Å². The van der Waals surface area contributed by atoms with Crippen molar-refractivity contribution in [2.45, 2.75) is 39.2 Å². The summed E-state index contributed by atoms with van der Waals surface area (Å²) in [6.45, 7) is 4.81. The fourth-order valence-corrected chi connectivity index (χ4v) is 1.77. The second-order valence-electron chi connectivity index (χ2n) is 4.29. The lowest BCUT2D eigenvalue weighted by molar-refractivity contribution is 0.0460. The zero-order chi connectivity index (χ0) is 13.4. The number of benzene rings is 1. The molecule has 0 aliphatic rings. The smallest absolute Gasteiger partial charge is 0.251 e. The van der Waals surface area contributed by atoms with Gasteiger partial charge in [0.05, 0.1) is 0 Å². The maximum Gasteiger partial charge on any atom is 0.251 e. The molecule has 1 aromatic rings. The third-order valence-corrected chi connectivity index (χ3v) is 2.80. The number of nitrogens with one attached hydrogen (secondary N) is 1. The largest absolute Gasteiger partial charge is 0.352 e. The molecule has 1 unspecified atom stereocenters. The summed E-state index contributed by atoms with van der Waals surface area (Å²) in [6, 6.07) is 7.41. The minimum Gasteiger partial charge on any atom is -0.352 e. The minimum absolute atomic E-state index is 0.0379. The van der Waals surface area contributed by atoms with Gasteiger partial charge in [-0.15, -0.1) is 0 Å². The third kappa shape index (κ3) is 4.13. The molecule has 1 rings (SSSR count). The summed E-state index contributed by atoms with van der Waals surface area (Å²) in [5.74, 6) is 5.24. The summed E-state index contributed by atoms with van der Waals surface area (Å²) < 4.78 is 0. The summed E-state index contributed by atoms with van der Waals surface area (Å²) in [4.78, 5) is 16.7. The Hall–Kier alpha value is -1.39. The summed E-state index contributed by atoms with van der Waals surface area (Å²) in [5.41, 5.74) is 1.67. The van der Waals surface area contributed by atoms with Crippen molar-refractivity contribution in [2.24, 2.45) is 5.90 Å². The molecule has 1 aromatic carbocycles. The van der Waals surface area contributed by atoms with Crippen LogP contribution in [0.3, 0.4) is 0 Å². The molecule has 0 fully saturated rings. The van der Waals surface area contributed by atoms with E-state index in [1.165, 1.54) is 0 Å². The van der Waals surface area contributed by atoms with Crippen LogP contribution in [0.25, 0.3) is 0 Å².